The molecule has 0 spiro atoms. The van der Waals surface area contributed by atoms with Gasteiger partial charge >= 0.3 is 13.1 Å². The second kappa shape index (κ2) is 7.08. The maximum absolute atomic E-state index is 12.7. The number of anilines is 1. The molecule has 0 radical (unpaired) electrons. The van der Waals surface area contributed by atoms with Crippen LogP contribution in [0.5, 0.6) is 0 Å². The summed E-state index contributed by atoms with van der Waals surface area (Å²) in [6.07, 6.45) is 6.67. The number of nitrogens with one attached hydrogen (secondary N) is 2. The number of fused-ring (bicyclic) bond motifs is 3. The van der Waals surface area contributed by atoms with Crippen LogP contribution in [-0.4, -0.2) is 18.2 Å². The molecule has 150 valence electrons. The van der Waals surface area contributed by atoms with Crippen LogP contribution in [0, 0.1) is 0 Å². The van der Waals surface area contributed by atoms with Gasteiger partial charge in [0.15, 0.2) is 0 Å². The largest absolute Gasteiger partial charge is 0.492 e. The molecule has 0 fully saturated rings. The van der Waals surface area contributed by atoms with Crippen molar-refractivity contribution in [2.75, 3.05) is 5.32 Å². The first kappa shape index (κ1) is 19.0. The van der Waals surface area contributed by atoms with Crippen LogP contribution in [0.4, 0.5) is 10.5 Å². The minimum absolute atomic E-state index is 0.194. The van der Waals surface area contributed by atoms with Crippen LogP contribution < -0.4 is 15.5 Å². The summed E-state index contributed by atoms with van der Waals surface area (Å²) in [4.78, 5) is 13.6. The molecule has 5 nitrogen and oxygen atoms in total. The van der Waals surface area contributed by atoms with Crippen LogP contribution in [0.3, 0.4) is 0 Å². The van der Waals surface area contributed by atoms with Crippen LogP contribution in [0.2, 0.25) is 0 Å². The lowest BCUT2D eigenvalue weighted by atomic mass is 9.78. The van der Waals surface area contributed by atoms with Crippen LogP contribution in [0.15, 0.2) is 29.2 Å². The summed E-state index contributed by atoms with van der Waals surface area (Å²) in [6, 6.07) is 7.92. The lowest BCUT2D eigenvalue weighted by Crippen LogP contribution is -2.28. The molecule has 2 aromatic carbocycles. The summed E-state index contributed by atoms with van der Waals surface area (Å²) in [6.45, 7) is 3.88. The third-order valence-electron chi connectivity index (χ3n) is 6.32. The third-order valence-corrected chi connectivity index (χ3v) is 7.10. The molecule has 0 aromatic heterocycles. The number of benzene rings is 2. The first-order chi connectivity index (χ1) is 13.9. The van der Waals surface area contributed by atoms with Gasteiger partial charge in [0.1, 0.15) is 0 Å². The summed E-state index contributed by atoms with van der Waals surface area (Å²) in [7, 11) is -0.891. The predicted octanol–water partition coefficient (Wildman–Crippen LogP) is 3.45. The number of urea groups is 1. The van der Waals surface area contributed by atoms with E-state index in [1.165, 1.54) is 47.0 Å². The molecule has 0 atom stereocenters. The van der Waals surface area contributed by atoms with Crippen LogP contribution in [-0.2, 0) is 35.9 Å². The third kappa shape index (κ3) is 3.35. The highest BCUT2D eigenvalue weighted by Gasteiger charge is 2.40. The molecule has 1 aliphatic heterocycles. The molecule has 0 saturated carbocycles. The van der Waals surface area contributed by atoms with E-state index in [1.54, 1.807) is 0 Å². The van der Waals surface area contributed by atoms with E-state index in [-0.39, 0.29) is 6.03 Å². The fourth-order valence-electron chi connectivity index (χ4n) is 4.95. The molecule has 29 heavy (non-hydrogen) atoms. The maximum Gasteiger partial charge on any atom is 0.492 e. The van der Waals surface area contributed by atoms with Crippen molar-refractivity contribution < 1.29 is 14.5 Å². The van der Waals surface area contributed by atoms with Gasteiger partial charge in [-0.05, 0) is 110 Å². The number of carbonyl (C=O) groups is 1. The van der Waals surface area contributed by atoms with Gasteiger partial charge in [-0.1, -0.05) is 12.1 Å². The van der Waals surface area contributed by atoms with E-state index >= 15 is 0 Å². The van der Waals surface area contributed by atoms with Crippen LogP contribution >= 0.6 is 11.9 Å². The van der Waals surface area contributed by atoms with E-state index in [4.69, 9.17) is 4.65 Å². The highest BCUT2D eigenvalue weighted by atomic mass is 32.2. The molecule has 2 amide bonds. The Morgan fingerprint density at radius 3 is 2.48 bits per heavy atom. The van der Waals surface area contributed by atoms with E-state index in [9.17, 15) is 9.82 Å². The van der Waals surface area contributed by atoms with Crippen molar-refractivity contribution in [3.63, 3.8) is 0 Å². The van der Waals surface area contributed by atoms with Gasteiger partial charge in [-0.3, -0.25) is 4.72 Å². The zero-order chi connectivity index (χ0) is 20.2. The highest BCUT2D eigenvalue weighted by molar-refractivity contribution is 7.98. The topological polar surface area (TPSA) is 70.6 Å². The van der Waals surface area contributed by atoms with Gasteiger partial charge in [0, 0.05) is 10.6 Å². The van der Waals surface area contributed by atoms with E-state index in [0.29, 0.717) is 0 Å². The molecule has 2 aliphatic carbocycles. The Balaban J connectivity index is 1.31. The molecule has 0 bridgehead atoms. The molecular formula is C22H25BN2O3S. The normalized spacial score (nSPS) is 18.4. The number of hydrogen-bond donors (Lipinski definition) is 3. The van der Waals surface area contributed by atoms with Crippen LogP contribution in [0.1, 0.15) is 54.5 Å². The second-order valence-corrected chi connectivity index (χ2v) is 9.50. The minimum atomic E-state index is -0.891. The molecule has 3 N–H and O–H groups in total. The van der Waals surface area contributed by atoms with Gasteiger partial charge in [-0.25, -0.2) is 4.79 Å². The lowest BCUT2D eigenvalue weighted by molar-refractivity contribution is 0.101. The minimum Gasteiger partial charge on any atom is -0.423 e. The monoisotopic (exact) mass is 408 g/mol. The Labute approximate surface area is 175 Å². The number of rotatable bonds is 3. The van der Waals surface area contributed by atoms with Crippen molar-refractivity contribution in [2.24, 2.45) is 0 Å². The number of hydrogen-bond acceptors (Lipinski definition) is 4. The predicted molar refractivity (Wildman–Crippen MR) is 117 cm³/mol. The average molecular weight is 408 g/mol. The molecule has 3 aliphatic rings. The van der Waals surface area contributed by atoms with Gasteiger partial charge in [-0.15, -0.1) is 0 Å². The molecular weight excluding hydrogens is 383 g/mol. The van der Waals surface area contributed by atoms with Gasteiger partial charge in [0.25, 0.3) is 0 Å². The van der Waals surface area contributed by atoms with Crippen molar-refractivity contribution >= 4 is 36.2 Å². The number of amides is 2. The summed E-state index contributed by atoms with van der Waals surface area (Å²) < 4.78 is 8.53. The average Bonchev–Trinajstić information content (AvgIpc) is 3.38. The quantitative estimate of drug-likeness (QED) is 0.538. The van der Waals surface area contributed by atoms with E-state index < -0.39 is 12.7 Å². The zero-order valence-corrected chi connectivity index (χ0v) is 17.6. The first-order valence-corrected chi connectivity index (χ1v) is 11.1. The second-order valence-electron chi connectivity index (χ2n) is 8.62. The summed E-state index contributed by atoms with van der Waals surface area (Å²) in [5.74, 6) is 0. The molecule has 2 aromatic rings. The maximum atomic E-state index is 12.7. The van der Waals surface area contributed by atoms with Gasteiger partial charge in [0.2, 0.25) is 0 Å². The van der Waals surface area contributed by atoms with Crippen molar-refractivity contribution in [1.29, 1.82) is 0 Å². The van der Waals surface area contributed by atoms with Crippen molar-refractivity contribution in [1.82, 2.24) is 4.72 Å². The smallest absolute Gasteiger partial charge is 0.423 e. The van der Waals surface area contributed by atoms with Crippen LogP contribution in [0.25, 0.3) is 0 Å². The fourth-order valence-corrected chi connectivity index (χ4v) is 5.53. The van der Waals surface area contributed by atoms with E-state index in [1.807, 2.05) is 32.0 Å². The molecule has 0 unspecified atom stereocenters. The Kier molecular flexibility index (Phi) is 4.65. The van der Waals surface area contributed by atoms with E-state index in [2.05, 4.69) is 16.1 Å². The van der Waals surface area contributed by atoms with Crippen molar-refractivity contribution in [3.8, 4) is 0 Å². The molecule has 1 heterocycles. The summed E-state index contributed by atoms with van der Waals surface area (Å²) >= 11 is 1.28. The Hall–Kier alpha value is -1.96. The van der Waals surface area contributed by atoms with Gasteiger partial charge < -0.3 is 15.0 Å². The Morgan fingerprint density at radius 1 is 1.10 bits per heavy atom. The molecule has 0 saturated heterocycles. The Morgan fingerprint density at radius 2 is 1.79 bits per heavy atom. The van der Waals surface area contributed by atoms with Crippen molar-refractivity contribution in [2.45, 2.75) is 62.9 Å². The number of aryl methyl sites for hydroxylation is 2. The first-order valence-electron chi connectivity index (χ1n) is 10.3. The van der Waals surface area contributed by atoms with Crippen molar-refractivity contribution in [3.05, 3.63) is 52.1 Å². The molecule has 5 rings (SSSR count). The fraction of sp³-hybridized carbons (Fsp3) is 0.409. The SMILES string of the molecule is CC1(C)OB(O)c2ccc(SNC(=O)Nc3c4c(cc5c3CCC5)CCC4)cc21. The summed E-state index contributed by atoms with van der Waals surface area (Å²) in [5.41, 5.74) is 7.74. The Bertz CT molecular complexity index is 976. The number of carbonyl (C=O) groups excluding carboxylic acids is 1. The standard InChI is InChI=1S/C22H25BN2O3S/c1-22(2)18-12-15(9-10-19(18)23(27)28-22)29-25-21(26)24-20-16-7-3-5-13(16)11-14-6-4-8-17(14)20/h9-12,27H,3-8H2,1-2H3,(H2,24,25,26). The lowest BCUT2D eigenvalue weighted by Gasteiger charge is -2.20. The molecule has 7 heteroatoms. The summed E-state index contributed by atoms with van der Waals surface area (Å²) in [5, 5.41) is 13.2. The van der Waals surface area contributed by atoms with Gasteiger partial charge in [-0.2, -0.15) is 0 Å². The zero-order valence-electron chi connectivity index (χ0n) is 16.8. The van der Waals surface area contributed by atoms with Gasteiger partial charge in [0.05, 0.1) is 5.60 Å². The highest BCUT2D eigenvalue weighted by Crippen LogP contribution is 2.38. The van der Waals surface area contributed by atoms with E-state index in [0.717, 1.165) is 47.3 Å².